The van der Waals surface area contributed by atoms with Crippen molar-refractivity contribution in [1.29, 1.82) is 0 Å². The van der Waals surface area contributed by atoms with Crippen LogP contribution in [-0.2, 0) is 0 Å². The van der Waals surface area contributed by atoms with Gasteiger partial charge in [0.05, 0.1) is 4.92 Å². The first-order valence-electron chi connectivity index (χ1n) is 7.05. The van der Waals surface area contributed by atoms with Crippen molar-refractivity contribution in [2.75, 3.05) is 5.32 Å². The fraction of sp³-hybridized carbons (Fsp3) is 0. The maximum Gasteiger partial charge on any atom is 0.339 e. The second-order valence-electron chi connectivity index (χ2n) is 5.04. The number of nitrogens with zero attached hydrogens (tertiary/aromatic N) is 2. The van der Waals surface area contributed by atoms with Gasteiger partial charge in [0.2, 0.25) is 10.9 Å². The molecule has 0 saturated carbocycles. The quantitative estimate of drug-likeness (QED) is 0.543. The summed E-state index contributed by atoms with van der Waals surface area (Å²) in [5, 5.41) is 16.2. The van der Waals surface area contributed by atoms with Gasteiger partial charge in [-0.15, -0.1) is 0 Å². The standard InChI is InChI=1S/C16H10N4O5/c21-14-11-7-6-10(20(24)25)8-12(11)15(22)13(14)18-19-16(23)17-9-4-2-1-3-5-9/h1-8H,(H2,17,19,23). The minimum absolute atomic E-state index is 0.0135. The largest absolute Gasteiger partial charge is 0.339 e. The third-order valence-electron chi connectivity index (χ3n) is 3.43. The fourth-order valence-electron chi connectivity index (χ4n) is 2.28. The van der Waals surface area contributed by atoms with Crippen LogP contribution in [-0.4, -0.2) is 11.0 Å². The first-order valence-corrected chi connectivity index (χ1v) is 7.05. The first-order chi connectivity index (χ1) is 12.0. The van der Waals surface area contributed by atoms with Crippen molar-refractivity contribution in [2.24, 2.45) is 5.10 Å². The van der Waals surface area contributed by atoms with E-state index in [1.807, 2.05) is 0 Å². The van der Waals surface area contributed by atoms with E-state index >= 15 is 0 Å². The zero-order valence-corrected chi connectivity index (χ0v) is 12.6. The summed E-state index contributed by atoms with van der Waals surface area (Å²) in [5.74, 6) is 0. The molecule has 3 rings (SSSR count). The van der Waals surface area contributed by atoms with Crippen LogP contribution in [0.4, 0.5) is 16.2 Å². The Kier molecular flexibility index (Phi) is 4.04. The number of fused-ring (bicyclic) bond motifs is 1. The molecule has 0 aliphatic carbocycles. The number of benzene rings is 2. The number of amides is 2. The minimum Gasteiger partial charge on any atom is -0.307 e. The Morgan fingerprint density at radius 2 is 1.68 bits per heavy atom. The molecule has 3 aromatic rings. The number of urea groups is 1. The maximum atomic E-state index is 12.2. The molecule has 0 aliphatic rings. The Bertz CT molecular complexity index is 1130. The van der Waals surface area contributed by atoms with Crippen LogP contribution in [0.2, 0.25) is 0 Å². The molecular formula is C16H10N4O5. The van der Waals surface area contributed by atoms with Crippen molar-refractivity contribution in [3.63, 3.8) is 0 Å². The minimum atomic E-state index is -0.774. The van der Waals surface area contributed by atoms with Crippen LogP contribution in [0.5, 0.6) is 0 Å². The van der Waals surface area contributed by atoms with Crippen LogP contribution in [0.15, 0.2) is 63.2 Å². The average molecular weight is 338 g/mol. The Morgan fingerprint density at radius 1 is 1.00 bits per heavy atom. The van der Waals surface area contributed by atoms with Crippen LogP contribution >= 0.6 is 0 Å². The summed E-state index contributed by atoms with van der Waals surface area (Å²) < 4.78 is 0. The number of carbonyl (C=O) groups excluding carboxylic acids is 1. The third kappa shape index (κ3) is 3.11. The molecule has 0 fully saturated rings. The second-order valence-corrected chi connectivity index (χ2v) is 5.04. The molecule has 0 unspecified atom stereocenters. The normalized spacial score (nSPS) is 11.4. The van der Waals surface area contributed by atoms with Gasteiger partial charge in [0.25, 0.3) is 5.69 Å². The molecule has 0 spiro atoms. The summed E-state index contributed by atoms with van der Waals surface area (Å²) in [6.45, 7) is 0. The summed E-state index contributed by atoms with van der Waals surface area (Å²) in [6, 6.07) is 11.1. The lowest BCUT2D eigenvalue weighted by Gasteiger charge is -2.02. The topological polar surface area (TPSA) is 131 Å². The van der Waals surface area contributed by atoms with Crippen molar-refractivity contribution < 1.29 is 9.72 Å². The highest BCUT2D eigenvalue weighted by atomic mass is 16.6. The number of carbonyl (C=O) groups is 1. The van der Waals surface area contributed by atoms with Crippen molar-refractivity contribution in [1.82, 2.24) is 5.43 Å². The Morgan fingerprint density at radius 3 is 2.36 bits per heavy atom. The monoisotopic (exact) mass is 338 g/mol. The number of nitrogens with one attached hydrogen (secondary N) is 2. The van der Waals surface area contributed by atoms with Gasteiger partial charge in [-0.3, -0.25) is 19.7 Å². The third-order valence-corrected chi connectivity index (χ3v) is 3.43. The summed E-state index contributed by atoms with van der Waals surface area (Å²) in [5.41, 5.74) is 0.789. The zero-order chi connectivity index (χ0) is 18.0. The molecule has 124 valence electrons. The van der Waals surface area contributed by atoms with E-state index in [1.54, 1.807) is 30.3 Å². The highest BCUT2D eigenvalue weighted by molar-refractivity contribution is 5.89. The van der Waals surface area contributed by atoms with Gasteiger partial charge in [-0.1, -0.05) is 18.2 Å². The molecule has 0 aromatic heterocycles. The van der Waals surface area contributed by atoms with E-state index < -0.39 is 27.2 Å². The van der Waals surface area contributed by atoms with Gasteiger partial charge in [-0.2, -0.15) is 5.10 Å². The summed E-state index contributed by atoms with van der Waals surface area (Å²) in [6.07, 6.45) is 0. The first kappa shape index (κ1) is 16.0. The number of hydrogen-bond acceptors (Lipinski definition) is 6. The average Bonchev–Trinajstić information content (AvgIpc) is 2.84. The second kappa shape index (κ2) is 6.32. The lowest BCUT2D eigenvalue weighted by Crippen LogP contribution is -2.36. The Balaban J connectivity index is 1.94. The predicted molar refractivity (Wildman–Crippen MR) is 89.7 cm³/mol. The van der Waals surface area contributed by atoms with E-state index in [-0.39, 0.29) is 16.5 Å². The lowest BCUT2D eigenvalue weighted by atomic mass is 10.2. The highest BCUT2D eigenvalue weighted by Crippen LogP contribution is 2.15. The van der Waals surface area contributed by atoms with Gasteiger partial charge in [0, 0.05) is 28.6 Å². The number of nitro groups is 1. The Hall–Kier alpha value is -3.88. The van der Waals surface area contributed by atoms with Crippen LogP contribution in [0.25, 0.3) is 10.8 Å². The molecule has 2 N–H and O–H groups in total. The maximum absolute atomic E-state index is 12.2. The van der Waals surface area contributed by atoms with Crippen LogP contribution < -0.4 is 27.0 Å². The molecule has 9 heteroatoms. The van der Waals surface area contributed by atoms with Crippen molar-refractivity contribution in [3.05, 3.63) is 84.4 Å². The molecule has 3 aromatic carbocycles. The molecule has 0 bridgehead atoms. The molecular weight excluding hydrogens is 328 g/mol. The number of hydrogen-bond donors (Lipinski definition) is 2. The number of anilines is 1. The summed E-state index contributed by atoms with van der Waals surface area (Å²) in [4.78, 5) is 46.2. The van der Waals surface area contributed by atoms with Crippen LogP contribution in [0.1, 0.15) is 0 Å². The zero-order valence-electron chi connectivity index (χ0n) is 12.6. The number of rotatable bonds is 3. The molecule has 0 aliphatic heterocycles. The SMILES string of the molecule is O=C(NN=c1c(=O)c2ccc([N+](=O)[O-])cc2c1=O)Nc1ccccc1. The summed E-state index contributed by atoms with van der Waals surface area (Å²) >= 11 is 0. The molecule has 0 atom stereocenters. The highest BCUT2D eigenvalue weighted by Gasteiger charge is 2.15. The molecule has 0 radical (unpaired) electrons. The van der Waals surface area contributed by atoms with E-state index in [0.29, 0.717) is 5.69 Å². The predicted octanol–water partition coefficient (Wildman–Crippen LogP) is 0.981. The molecule has 25 heavy (non-hydrogen) atoms. The van der Waals surface area contributed by atoms with Gasteiger partial charge < -0.3 is 5.32 Å². The molecule has 2 amide bonds. The van der Waals surface area contributed by atoms with E-state index in [2.05, 4.69) is 15.8 Å². The van der Waals surface area contributed by atoms with Crippen molar-refractivity contribution in [3.8, 4) is 0 Å². The van der Waals surface area contributed by atoms with Crippen LogP contribution in [0, 0.1) is 10.1 Å². The number of nitro benzene ring substituents is 1. The van der Waals surface area contributed by atoms with Gasteiger partial charge in [-0.05, 0) is 18.2 Å². The van der Waals surface area contributed by atoms with Gasteiger partial charge >= 0.3 is 6.03 Å². The fourth-order valence-corrected chi connectivity index (χ4v) is 2.28. The van der Waals surface area contributed by atoms with Gasteiger partial charge in [0.15, 0.2) is 5.36 Å². The van der Waals surface area contributed by atoms with Gasteiger partial charge in [-0.25, -0.2) is 10.2 Å². The lowest BCUT2D eigenvalue weighted by molar-refractivity contribution is -0.384. The van der Waals surface area contributed by atoms with E-state index in [0.717, 1.165) is 12.1 Å². The van der Waals surface area contributed by atoms with Crippen molar-refractivity contribution in [2.45, 2.75) is 0 Å². The van der Waals surface area contributed by atoms with E-state index in [4.69, 9.17) is 0 Å². The van der Waals surface area contributed by atoms with Gasteiger partial charge in [0.1, 0.15) is 0 Å². The smallest absolute Gasteiger partial charge is 0.307 e. The van der Waals surface area contributed by atoms with Crippen LogP contribution in [0.3, 0.4) is 0 Å². The summed E-state index contributed by atoms with van der Waals surface area (Å²) in [7, 11) is 0. The molecule has 9 nitrogen and oxygen atoms in total. The number of para-hydroxylation sites is 1. The molecule has 0 saturated heterocycles. The van der Waals surface area contributed by atoms with E-state index in [1.165, 1.54) is 6.07 Å². The van der Waals surface area contributed by atoms with E-state index in [9.17, 15) is 24.5 Å². The van der Waals surface area contributed by atoms with Crippen molar-refractivity contribution >= 4 is 28.2 Å². The number of non-ortho nitro benzene ring substituents is 1. The Labute approximate surface area is 139 Å². The molecule has 0 heterocycles.